The molecule has 98 valence electrons. The van der Waals surface area contributed by atoms with E-state index in [4.69, 9.17) is 11.6 Å². The third-order valence-electron chi connectivity index (χ3n) is 3.31. The van der Waals surface area contributed by atoms with Gasteiger partial charge in [-0.15, -0.1) is 11.6 Å². The molecule has 0 spiro atoms. The van der Waals surface area contributed by atoms with Crippen LogP contribution in [0.3, 0.4) is 0 Å². The van der Waals surface area contributed by atoms with Crippen LogP contribution in [0, 0.1) is 0 Å². The zero-order valence-corrected chi connectivity index (χ0v) is 10.9. The third kappa shape index (κ3) is 2.93. The average Bonchev–Trinajstić information content (AvgIpc) is 2.62. The Labute approximate surface area is 111 Å². The lowest BCUT2D eigenvalue weighted by molar-refractivity contribution is 0.0694. The van der Waals surface area contributed by atoms with Crippen LogP contribution in [0.5, 0.6) is 0 Å². The minimum atomic E-state index is -0.252. The SMILES string of the molecule is O=C(c1cccc(=O)[nH]1)N1CCCCCC1CCl. The smallest absolute Gasteiger partial charge is 0.270 e. The summed E-state index contributed by atoms with van der Waals surface area (Å²) in [5, 5.41) is 0. The van der Waals surface area contributed by atoms with Crippen molar-refractivity contribution in [3.05, 3.63) is 34.2 Å². The highest BCUT2D eigenvalue weighted by atomic mass is 35.5. The number of aromatic amines is 1. The van der Waals surface area contributed by atoms with Gasteiger partial charge >= 0.3 is 0 Å². The van der Waals surface area contributed by atoms with Crippen LogP contribution in [0.25, 0.3) is 0 Å². The van der Waals surface area contributed by atoms with Crippen molar-refractivity contribution in [3.63, 3.8) is 0 Å². The van der Waals surface area contributed by atoms with E-state index in [1.165, 1.54) is 6.07 Å². The number of alkyl halides is 1. The molecule has 1 saturated heterocycles. The molecule has 0 bridgehead atoms. The Morgan fingerprint density at radius 3 is 2.94 bits per heavy atom. The molecule has 1 fully saturated rings. The summed E-state index contributed by atoms with van der Waals surface area (Å²) in [6, 6.07) is 4.71. The van der Waals surface area contributed by atoms with Crippen molar-refractivity contribution >= 4 is 17.5 Å². The summed E-state index contributed by atoms with van der Waals surface area (Å²) in [7, 11) is 0. The summed E-state index contributed by atoms with van der Waals surface area (Å²) < 4.78 is 0. The van der Waals surface area contributed by atoms with Gasteiger partial charge in [0, 0.05) is 24.5 Å². The van der Waals surface area contributed by atoms with Gasteiger partial charge in [-0.2, -0.15) is 0 Å². The van der Waals surface area contributed by atoms with Gasteiger partial charge in [-0.3, -0.25) is 9.59 Å². The highest BCUT2D eigenvalue weighted by Crippen LogP contribution is 2.19. The van der Waals surface area contributed by atoms with E-state index in [2.05, 4.69) is 4.98 Å². The van der Waals surface area contributed by atoms with Gasteiger partial charge in [0.25, 0.3) is 5.91 Å². The molecule has 1 aromatic rings. The molecule has 0 radical (unpaired) electrons. The first-order valence-corrected chi connectivity index (χ1v) is 6.82. The Bertz CT molecular complexity index is 472. The van der Waals surface area contributed by atoms with Crippen LogP contribution in [-0.2, 0) is 0 Å². The lowest BCUT2D eigenvalue weighted by atomic mass is 10.1. The number of likely N-dealkylation sites (tertiary alicyclic amines) is 1. The number of rotatable bonds is 2. The molecule has 1 N–H and O–H groups in total. The van der Waals surface area contributed by atoms with Crippen molar-refractivity contribution in [3.8, 4) is 0 Å². The van der Waals surface area contributed by atoms with Crippen molar-refractivity contribution in [1.29, 1.82) is 0 Å². The molecule has 0 saturated carbocycles. The van der Waals surface area contributed by atoms with E-state index in [1.54, 1.807) is 17.0 Å². The molecule has 4 nitrogen and oxygen atoms in total. The van der Waals surface area contributed by atoms with Gasteiger partial charge in [-0.05, 0) is 18.9 Å². The average molecular weight is 269 g/mol. The first kappa shape index (κ1) is 13.1. The van der Waals surface area contributed by atoms with Gasteiger partial charge in [0.05, 0.1) is 0 Å². The number of halogens is 1. The fourth-order valence-corrected chi connectivity index (χ4v) is 2.65. The number of pyridine rings is 1. The Morgan fingerprint density at radius 2 is 2.22 bits per heavy atom. The van der Waals surface area contributed by atoms with Crippen LogP contribution in [0.1, 0.15) is 36.2 Å². The van der Waals surface area contributed by atoms with E-state index in [1.807, 2.05) is 0 Å². The number of nitrogens with one attached hydrogen (secondary N) is 1. The fraction of sp³-hybridized carbons (Fsp3) is 0.538. The summed E-state index contributed by atoms with van der Waals surface area (Å²) in [6.45, 7) is 0.715. The zero-order valence-electron chi connectivity index (χ0n) is 10.2. The summed E-state index contributed by atoms with van der Waals surface area (Å²) in [5.41, 5.74) is 0.0950. The predicted octanol–water partition coefficient (Wildman–Crippen LogP) is 2.00. The normalized spacial score (nSPS) is 20.5. The Balaban J connectivity index is 2.22. The minimum absolute atomic E-state index is 0.0744. The number of H-pyrrole nitrogens is 1. The molecule has 1 aliphatic rings. The van der Waals surface area contributed by atoms with Crippen molar-refractivity contribution in [2.24, 2.45) is 0 Å². The second-order valence-corrected chi connectivity index (χ2v) is 4.89. The molecule has 2 heterocycles. The van der Waals surface area contributed by atoms with E-state index in [0.717, 1.165) is 25.7 Å². The van der Waals surface area contributed by atoms with Crippen LogP contribution in [0.2, 0.25) is 0 Å². The molecule has 1 atom stereocenters. The lowest BCUT2D eigenvalue weighted by Crippen LogP contribution is -2.41. The molecule has 0 aromatic carbocycles. The van der Waals surface area contributed by atoms with E-state index in [9.17, 15) is 9.59 Å². The highest BCUT2D eigenvalue weighted by Gasteiger charge is 2.25. The molecule has 0 aliphatic carbocycles. The summed E-state index contributed by atoms with van der Waals surface area (Å²) in [6.07, 6.45) is 4.16. The van der Waals surface area contributed by atoms with E-state index in [-0.39, 0.29) is 17.5 Å². The topological polar surface area (TPSA) is 53.2 Å². The molecular weight excluding hydrogens is 252 g/mol. The number of nitrogens with zero attached hydrogens (tertiary/aromatic N) is 1. The van der Waals surface area contributed by atoms with E-state index >= 15 is 0 Å². The Morgan fingerprint density at radius 1 is 1.39 bits per heavy atom. The van der Waals surface area contributed by atoms with Crippen LogP contribution in [0.4, 0.5) is 0 Å². The summed E-state index contributed by atoms with van der Waals surface area (Å²) in [5.74, 6) is 0.322. The van der Waals surface area contributed by atoms with E-state index < -0.39 is 0 Å². The number of carbonyl (C=O) groups is 1. The van der Waals surface area contributed by atoms with Gasteiger partial charge in [0.1, 0.15) is 5.69 Å². The van der Waals surface area contributed by atoms with Crippen molar-refractivity contribution in [2.75, 3.05) is 12.4 Å². The molecule has 2 rings (SSSR count). The largest absolute Gasteiger partial charge is 0.333 e. The molecular formula is C13H17ClN2O2. The third-order valence-corrected chi connectivity index (χ3v) is 3.67. The van der Waals surface area contributed by atoms with Crippen LogP contribution in [0.15, 0.2) is 23.0 Å². The van der Waals surface area contributed by atoms with Gasteiger partial charge in [0.15, 0.2) is 0 Å². The highest BCUT2D eigenvalue weighted by molar-refractivity contribution is 6.18. The quantitative estimate of drug-likeness (QED) is 0.834. The second kappa shape index (κ2) is 6.05. The summed E-state index contributed by atoms with van der Waals surface area (Å²) >= 11 is 5.94. The van der Waals surface area contributed by atoms with Crippen molar-refractivity contribution in [1.82, 2.24) is 9.88 Å². The Hall–Kier alpha value is -1.29. The first-order chi connectivity index (χ1) is 8.72. The number of carbonyl (C=O) groups excluding carboxylic acids is 1. The maximum atomic E-state index is 12.4. The first-order valence-electron chi connectivity index (χ1n) is 6.28. The van der Waals surface area contributed by atoms with Crippen LogP contribution < -0.4 is 5.56 Å². The monoisotopic (exact) mass is 268 g/mol. The number of hydrogen-bond donors (Lipinski definition) is 1. The predicted molar refractivity (Wildman–Crippen MR) is 71.1 cm³/mol. The molecule has 18 heavy (non-hydrogen) atoms. The molecule has 1 unspecified atom stereocenters. The van der Waals surface area contributed by atoms with Crippen molar-refractivity contribution in [2.45, 2.75) is 31.7 Å². The van der Waals surface area contributed by atoms with Gasteiger partial charge in [-0.1, -0.05) is 18.9 Å². The number of amides is 1. The molecule has 1 aromatic heterocycles. The second-order valence-electron chi connectivity index (χ2n) is 4.58. The van der Waals surface area contributed by atoms with Crippen LogP contribution in [-0.4, -0.2) is 34.3 Å². The standard InChI is InChI=1S/C13H17ClN2O2/c14-9-10-5-2-1-3-8-16(10)13(18)11-6-4-7-12(17)15-11/h4,6-7,10H,1-3,5,8-9H2,(H,15,17). The van der Waals surface area contributed by atoms with Crippen molar-refractivity contribution < 1.29 is 4.79 Å². The summed E-state index contributed by atoms with van der Waals surface area (Å²) in [4.78, 5) is 28.0. The van der Waals surface area contributed by atoms with Crippen LogP contribution >= 0.6 is 11.6 Å². The lowest BCUT2D eigenvalue weighted by Gasteiger charge is -2.28. The molecule has 1 aliphatic heterocycles. The van der Waals surface area contributed by atoms with Gasteiger partial charge < -0.3 is 9.88 Å². The Kier molecular flexibility index (Phi) is 4.42. The number of aromatic nitrogens is 1. The zero-order chi connectivity index (χ0) is 13.0. The number of hydrogen-bond acceptors (Lipinski definition) is 2. The minimum Gasteiger partial charge on any atom is -0.333 e. The fourth-order valence-electron chi connectivity index (χ4n) is 2.33. The van der Waals surface area contributed by atoms with E-state index in [0.29, 0.717) is 18.1 Å². The molecule has 5 heteroatoms. The maximum Gasteiger partial charge on any atom is 0.270 e. The maximum absolute atomic E-state index is 12.4. The van der Waals surface area contributed by atoms with Gasteiger partial charge in [0.2, 0.25) is 5.56 Å². The van der Waals surface area contributed by atoms with Gasteiger partial charge in [-0.25, -0.2) is 0 Å². The molecule has 1 amide bonds.